The van der Waals surface area contributed by atoms with Gasteiger partial charge in [-0.05, 0) is 24.3 Å². The molecule has 0 aliphatic heterocycles. The van der Waals surface area contributed by atoms with Crippen LogP contribution >= 0.6 is 0 Å². The van der Waals surface area contributed by atoms with Gasteiger partial charge >= 0.3 is 5.97 Å². The van der Waals surface area contributed by atoms with Crippen molar-refractivity contribution in [3.05, 3.63) is 59.9 Å². The average Bonchev–Trinajstić information content (AvgIpc) is 2.90. The quantitative estimate of drug-likeness (QED) is 0.770. The Labute approximate surface area is 114 Å². The third-order valence-electron chi connectivity index (χ3n) is 3.02. The van der Waals surface area contributed by atoms with Crippen LogP contribution in [0.5, 0.6) is 0 Å². The Kier molecular flexibility index (Phi) is 2.70. The smallest absolute Gasteiger partial charge is 0.339 e. The number of carboxylic acid groups (broad SMARTS) is 1. The van der Waals surface area contributed by atoms with Crippen molar-refractivity contribution in [2.45, 2.75) is 0 Å². The van der Waals surface area contributed by atoms with Gasteiger partial charge in [-0.3, -0.25) is 0 Å². The molecule has 0 saturated heterocycles. The van der Waals surface area contributed by atoms with Crippen molar-refractivity contribution in [2.75, 3.05) is 0 Å². The number of rotatable bonds is 2. The zero-order chi connectivity index (χ0) is 14.1. The summed E-state index contributed by atoms with van der Waals surface area (Å²) in [6, 6.07) is 12.2. The maximum absolute atomic E-state index is 11.2. The molecule has 0 bridgehead atoms. The second kappa shape index (κ2) is 4.52. The molecule has 1 N–H and O–H groups in total. The highest BCUT2D eigenvalue weighted by Crippen LogP contribution is 2.21. The van der Waals surface area contributed by atoms with Crippen LogP contribution in [0.25, 0.3) is 16.9 Å². The molecular weight excluding hydrogens is 254 g/mol. The van der Waals surface area contributed by atoms with Crippen molar-refractivity contribution in [3.63, 3.8) is 0 Å². The molecule has 0 spiro atoms. The maximum atomic E-state index is 11.2. The minimum Gasteiger partial charge on any atom is -0.478 e. The molecule has 5 nitrogen and oxygen atoms in total. The molecule has 5 heteroatoms. The van der Waals surface area contributed by atoms with E-state index in [1.165, 1.54) is 6.07 Å². The van der Waals surface area contributed by atoms with Crippen LogP contribution in [-0.2, 0) is 0 Å². The summed E-state index contributed by atoms with van der Waals surface area (Å²) in [5, 5.41) is 17.9. The highest BCUT2D eigenvalue weighted by atomic mass is 16.4. The molecule has 0 atom stereocenters. The predicted molar refractivity (Wildman–Crippen MR) is 72.3 cm³/mol. The predicted octanol–water partition coefficient (Wildman–Crippen LogP) is 2.57. The maximum Gasteiger partial charge on any atom is 0.339 e. The summed E-state index contributed by atoms with van der Waals surface area (Å²) in [6.45, 7) is 0. The zero-order valence-electron chi connectivity index (χ0n) is 10.3. The molecule has 96 valence electrons. The molecule has 3 rings (SSSR count). The number of aromatic nitrogens is 2. The lowest BCUT2D eigenvalue weighted by atomic mass is 10.1. The van der Waals surface area contributed by atoms with Crippen molar-refractivity contribution in [2.24, 2.45) is 0 Å². The number of imidazole rings is 1. The lowest BCUT2D eigenvalue weighted by Crippen LogP contribution is -1.99. The molecule has 0 radical (unpaired) electrons. The first-order chi connectivity index (χ1) is 9.69. The fraction of sp³-hybridized carbons (Fsp3) is 0. The molecule has 2 aromatic heterocycles. The summed E-state index contributed by atoms with van der Waals surface area (Å²) >= 11 is 0. The molecular formula is C15H9N3O2. The first-order valence-electron chi connectivity index (χ1n) is 5.90. The summed E-state index contributed by atoms with van der Waals surface area (Å²) in [4.78, 5) is 15.5. The summed E-state index contributed by atoms with van der Waals surface area (Å²) < 4.78 is 1.68. The van der Waals surface area contributed by atoms with Crippen molar-refractivity contribution < 1.29 is 9.90 Å². The van der Waals surface area contributed by atoms with Crippen LogP contribution in [0.1, 0.15) is 15.9 Å². The van der Waals surface area contributed by atoms with Gasteiger partial charge in [-0.2, -0.15) is 5.26 Å². The second-order valence-corrected chi connectivity index (χ2v) is 4.27. The summed E-state index contributed by atoms with van der Waals surface area (Å²) in [5.74, 6) is -1.01. The molecule has 0 saturated carbocycles. The van der Waals surface area contributed by atoms with Gasteiger partial charge in [0.15, 0.2) is 5.65 Å². The van der Waals surface area contributed by atoms with Crippen LogP contribution in [0.3, 0.4) is 0 Å². The second-order valence-electron chi connectivity index (χ2n) is 4.27. The summed E-state index contributed by atoms with van der Waals surface area (Å²) in [5.41, 5.74) is 2.64. The lowest BCUT2D eigenvalue weighted by Gasteiger charge is -1.96. The molecule has 0 aliphatic carbocycles. The molecule has 0 amide bonds. The molecule has 0 unspecified atom stereocenters. The molecule has 3 aromatic rings. The van der Waals surface area contributed by atoms with Crippen LogP contribution in [0.2, 0.25) is 0 Å². The van der Waals surface area contributed by atoms with E-state index in [0.29, 0.717) is 16.9 Å². The third kappa shape index (κ3) is 1.89. The zero-order valence-corrected chi connectivity index (χ0v) is 10.3. The standard InChI is InChI=1S/C15H9N3O2/c16-8-10-3-5-11(6-4-10)13-9-18-7-1-2-12(15(19)20)14(18)17-13/h1-7,9H,(H,19,20). The van der Waals surface area contributed by atoms with Crippen LogP contribution in [-0.4, -0.2) is 20.5 Å². The van der Waals surface area contributed by atoms with Gasteiger partial charge in [0.25, 0.3) is 0 Å². The SMILES string of the molecule is N#Cc1ccc(-c2cn3cccc(C(=O)O)c3n2)cc1. The van der Waals surface area contributed by atoms with Crippen molar-refractivity contribution in [1.29, 1.82) is 5.26 Å². The minimum atomic E-state index is -1.01. The number of nitrogens with zero attached hydrogens (tertiary/aromatic N) is 3. The number of carboxylic acids is 1. The van der Waals surface area contributed by atoms with E-state index in [2.05, 4.69) is 11.1 Å². The normalized spacial score (nSPS) is 10.3. The van der Waals surface area contributed by atoms with Gasteiger partial charge in [0.1, 0.15) is 5.56 Å². The van der Waals surface area contributed by atoms with Crippen LogP contribution in [0.4, 0.5) is 0 Å². The van der Waals surface area contributed by atoms with Gasteiger partial charge in [-0.1, -0.05) is 12.1 Å². The van der Waals surface area contributed by atoms with Crippen molar-refractivity contribution in [1.82, 2.24) is 9.38 Å². The summed E-state index contributed by atoms with van der Waals surface area (Å²) in [7, 11) is 0. The van der Waals surface area contributed by atoms with E-state index >= 15 is 0 Å². The molecule has 0 aliphatic rings. The van der Waals surface area contributed by atoms with Crippen LogP contribution in [0, 0.1) is 11.3 Å². The Morgan fingerprint density at radius 1 is 1.25 bits per heavy atom. The Morgan fingerprint density at radius 3 is 2.65 bits per heavy atom. The number of hydrogen-bond acceptors (Lipinski definition) is 3. The monoisotopic (exact) mass is 263 g/mol. The first-order valence-corrected chi connectivity index (χ1v) is 5.90. The van der Waals surface area contributed by atoms with Gasteiger partial charge in [0.05, 0.1) is 17.3 Å². The van der Waals surface area contributed by atoms with E-state index < -0.39 is 5.97 Å². The number of benzene rings is 1. The number of hydrogen-bond donors (Lipinski definition) is 1. The van der Waals surface area contributed by atoms with Crippen molar-refractivity contribution >= 4 is 11.6 Å². The third-order valence-corrected chi connectivity index (χ3v) is 3.02. The van der Waals surface area contributed by atoms with E-state index in [0.717, 1.165) is 5.56 Å². The largest absolute Gasteiger partial charge is 0.478 e. The van der Waals surface area contributed by atoms with Crippen LogP contribution < -0.4 is 0 Å². The van der Waals surface area contributed by atoms with Crippen LogP contribution in [0.15, 0.2) is 48.8 Å². The number of nitriles is 1. The fourth-order valence-corrected chi connectivity index (χ4v) is 2.03. The number of aromatic carboxylic acids is 1. The van der Waals surface area contributed by atoms with E-state index in [9.17, 15) is 4.79 Å². The van der Waals surface area contributed by atoms with Gasteiger partial charge in [-0.25, -0.2) is 9.78 Å². The first kappa shape index (κ1) is 11.9. The van der Waals surface area contributed by atoms with Gasteiger partial charge in [0, 0.05) is 18.0 Å². The highest BCUT2D eigenvalue weighted by molar-refractivity contribution is 5.94. The Bertz CT molecular complexity index is 842. The van der Waals surface area contributed by atoms with E-state index in [1.54, 1.807) is 47.1 Å². The Balaban J connectivity index is 2.15. The average molecular weight is 263 g/mol. The number of fused-ring (bicyclic) bond motifs is 1. The lowest BCUT2D eigenvalue weighted by molar-refractivity contribution is 0.0698. The Morgan fingerprint density at radius 2 is 2.00 bits per heavy atom. The number of pyridine rings is 1. The van der Waals surface area contributed by atoms with Crippen molar-refractivity contribution in [3.8, 4) is 17.3 Å². The van der Waals surface area contributed by atoms with E-state index in [4.69, 9.17) is 10.4 Å². The molecule has 2 heterocycles. The summed E-state index contributed by atoms with van der Waals surface area (Å²) in [6.07, 6.45) is 3.52. The van der Waals surface area contributed by atoms with Gasteiger partial charge < -0.3 is 9.51 Å². The molecule has 0 fully saturated rings. The molecule has 1 aromatic carbocycles. The van der Waals surface area contributed by atoms with Gasteiger partial charge in [0.2, 0.25) is 0 Å². The highest BCUT2D eigenvalue weighted by Gasteiger charge is 2.12. The Hall–Kier alpha value is -3.13. The minimum absolute atomic E-state index is 0.160. The van der Waals surface area contributed by atoms with Gasteiger partial charge in [-0.15, -0.1) is 0 Å². The molecule has 20 heavy (non-hydrogen) atoms. The van der Waals surface area contributed by atoms with E-state index in [1.807, 2.05) is 0 Å². The number of carbonyl (C=O) groups is 1. The topological polar surface area (TPSA) is 78.4 Å². The fourth-order valence-electron chi connectivity index (χ4n) is 2.03. The van der Waals surface area contributed by atoms with E-state index in [-0.39, 0.29) is 5.56 Å².